The van der Waals surface area contributed by atoms with Gasteiger partial charge in [-0.2, -0.15) is 5.10 Å². The van der Waals surface area contributed by atoms with Gasteiger partial charge in [0.15, 0.2) is 5.78 Å². The van der Waals surface area contributed by atoms with Gasteiger partial charge >= 0.3 is 0 Å². The first-order valence-electron chi connectivity index (χ1n) is 7.65. The predicted molar refractivity (Wildman–Crippen MR) is 84.6 cm³/mol. The van der Waals surface area contributed by atoms with E-state index >= 15 is 0 Å². The summed E-state index contributed by atoms with van der Waals surface area (Å²) >= 11 is 0. The second kappa shape index (κ2) is 6.46. The Labute approximate surface area is 130 Å². The predicted octanol–water partition coefficient (Wildman–Crippen LogP) is 1.16. The van der Waals surface area contributed by atoms with Crippen molar-refractivity contribution in [3.05, 3.63) is 30.1 Å². The van der Waals surface area contributed by atoms with Crippen LogP contribution in [0.2, 0.25) is 0 Å². The van der Waals surface area contributed by atoms with E-state index in [0.29, 0.717) is 12.2 Å². The van der Waals surface area contributed by atoms with Crippen molar-refractivity contribution in [3.8, 4) is 5.75 Å². The highest BCUT2D eigenvalue weighted by molar-refractivity contribution is 6.00. The van der Waals surface area contributed by atoms with Crippen LogP contribution in [0, 0.1) is 0 Å². The zero-order valence-corrected chi connectivity index (χ0v) is 13.2. The van der Waals surface area contributed by atoms with Crippen molar-refractivity contribution < 1.29 is 9.53 Å². The molecule has 118 valence electrons. The fourth-order valence-electron chi connectivity index (χ4n) is 2.69. The molecule has 3 rings (SSSR count). The Morgan fingerprint density at radius 1 is 1.27 bits per heavy atom. The van der Waals surface area contributed by atoms with Gasteiger partial charge in [0.05, 0.1) is 23.5 Å². The summed E-state index contributed by atoms with van der Waals surface area (Å²) in [5, 5.41) is 4.21. The number of carbonyl (C=O) groups excluding carboxylic acids is 1. The first-order chi connectivity index (χ1) is 10.6. The van der Waals surface area contributed by atoms with Gasteiger partial charge in [-0.1, -0.05) is 0 Å². The van der Waals surface area contributed by atoms with Crippen LogP contribution in [0.5, 0.6) is 5.75 Å². The number of Topliss-reactive ketones (excluding diaryl/α,β-unsaturated/α-hetero) is 1. The molecule has 0 unspecified atom stereocenters. The van der Waals surface area contributed by atoms with E-state index in [2.05, 4.69) is 21.9 Å². The topological polar surface area (TPSA) is 50.1 Å². The molecule has 3 heterocycles. The Balaban J connectivity index is 1.57. The third-order valence-corrected chi connectivity index (χ3v) is 4.14. The molecule has 0 amide bonds. The molecule has 0 N–H and O–H groups in total. The number of aromatic nitrogens is 2. The third-order valence-electron chi connectivity index (χ3n) is 4.14. The maximum absolute atomic E-state index is 11.5. The van der Waals surface area contributed by atoms with Crippen LogP contribution in [0.25, 0.3) is 5.52 Å². The molecule has 0 aromatic carbocycles. The molecule has 2 aromatic heterocycles. The zero-order valence-electron chi connectivity index (χ0n) is 13.2. The fraction of sp³-hybridized carbons (Fsp3) is 0.500. The standard InChI is InChI=1S/C16H22N4O2/c1-13(21)15-11-17-20-12-14(3-4-16(15)20)22-10-9-19-7-5-18(2)6-8-19/h3-4,11-12H,5-10H2,1-2H3. The molecule has 0 radical (unpaired) electrons. The Hall–Kier alpha value is -1.92. The first-order valence-corrected chi connectivity index (χ1v) is 7.65. The molecule has 22 heavy (non-hydrogen) atoms. The lowest BCUT2D eigenvalue weighted by Gasteiger charge is -2.32. The minimum Gasteiger partial charge on any atom is -0.491 e. The lowest BCUT2D eigenvalue weighted by Crippen LogP contribution is -2.45. The molecule has 1 aliphatic heterocycles. The van der Waals surface area contributed by atoms with Gasteiger partial charge in [-0.05, 0) is 26.1 Å². The first kappa shape index (κ1) is 15.0. The molecule has 2 aromatic rings. The SMILES string of the molecule is CC(=O)c1cnn2cc(OCCN3CCN(C)CC3)ccc12. The largest absolute Gasteiger partial charge is 0.491 e. The quantitative estimate of drug-likeness (QED) is 0.776. The Morgan fingerprint density at radius 3 is 2.77 bits per heavy atom. The van der Waals surface area contributed by atoms with Crippen LogP contribution in [0.1, 0.15) is 17.3 Å². The molecule has 6 nitrogen and oxygen atoms in total. The van der Waals surface area contributed by atoms with E-state index in [4.69, 9.17) is 4.74 Å². The van der Waals surface area contributed by atoms with Crippen molar-refractivity contribution in [1.29, 1.82) is 0 Å². The normalized spacial score (nSPS) is 17.0. The number of nitrogens with zero attached hydrogens (tertiary/aromatic N) is 4. The molecule has 0 atom stereocenters. The van der Waals surface area contributed by atoms with Crippen LogP contribution in [0.4, 0.5) is 0 Å². The molecule has 1 aliphatic rings. The summed E-state index contributed by atoms with van der Waals surface area (Å²) in [6, 6.07) is 3.78. The Bertz CT molecular complexity index is 659. The molecular weight excluding hydrogens is 280 g/mol. The van der Waals surface area contributed by atoms with E-state index in [1.54, 1.807) is 17.6 Å². The summed E-state index contributed by atoms with van der Waals surface area (Å²) in [6.07, 6.45) is 3.43. The van der Waals surface area contributed by atoms with Crippen molar-refractivity contribution in [3.63, 3.8) is 0 Å². The van der Waals surface area contributed by atoms with E-state index in [1.165, 1.54) is 0 Å². The number of fused-ring (bicyclic) bond motifs is 1. The number of piperazine rings is 1. The van der Waals surface area contributed by atoms with Gasteiger partial charge in [-0.15, -0.1) is 0 Å². The van der Waals surface area contributed by atoms with Gasteiger partial charge in [0.1, 0.15) is 12.4 Å². The number of carbonyl (C=O) groups is 1. The fourth-order valence-corrected chi connectivity index (χ4v) is 2.69. The van der Waals surface area contributed by atoms with E-state index in [1.807, 2.05) is 18.3 Å². The van der Waals surface area contributed by atoms with Crippen LogP contribution in [-0.2, 0) is 0 Å². The van der Waals surface area contributed by atoms with E-state index in [0.717, 1.165) is 44.0 Å². The molecule has 0 saturated carbocycles. The zero-order chi connectivity index (χ0) is 15.5. The molecule has 0 spiro atoms. The Kier molecular flexibility index (Phi) is 4.40. The second-order valence-electron chi connectivity index (χ2n) is 5.80. The maximum Gasteiger partial charge on any atom is 0.163 e. The van der Waals surface area contributed by atoms with Crippen LogP contribution >= 0.6 is 0 Å². The summed E-state index contributed by atoms with van der Waals surface area (Å²) in [5.41, 5.74) is 1.46. The second-order valence-corrected chi connectivity index (χ2v) is 5.80. The molecular formula is C16H22N4O2. The third kappa shape index (κ3) is 3.28. The van der Waals surface area contributed by atoms with Gasteiger partial charge < -0.3 is 9.64 Å². The van der Waals surface area contributed by atoms with Crippen LogP contribution in [0.15, 0.2) is 24.5 Å². The number of pyridine rings is 1. The average molecular weight is 302 g/mol. The van der Waals surface area contributed by atoms with Gasteiger partial charge in [-0.25, -0.2) is 4.52 Å². The lowest BCUT2D eigenvalue weighted by molar-refractivity contribution is 0.101. The number of rotatable bonds is 5. The maximum atomic E-state index is 11.5. The average Bonchev–Trinajstić information content (AvgIpc) is 2.92. The highest BCUT2D eigenvalue weighted by Gasteiger charge is 2.13. The van der Waals surface area contributed by atoms with Gasteiger partial charge in [0.25, 0.3) is 0 Å². The Morgan fingerprint density at radius 2 is 2.05 bits per heavy atom. The molecule has 1 saturated heterocycles. The van der Waals surface area contributed by atoms with Gasteiger partial charge in [0, 0.05) is 32.7 Å². The number of hydrogen-bond donors (Lipinski definition) is 0. The minimum absolute atomic E-state index is 0.0266. The van der Waals surface area contributed by atoms with Crippen LogP contribution in [0.3, 0.4) is 0 Å². The summed E-state index contributed by atoms with van der Waals surface area (Å²) in [7, 11) is 2.16. The van der Waals surface area contributed by atoms with Crippen molar-refractivity contribution in [2.75, 3.05) is 46.4 Å². The van der Waals surface area contributed by atoms with Gasteiger partial charge in [-0.3, -0.25) is 9.69 Å². The molecule has 0 bridgehead atoms. The number of ketones is 1. The molecule has 1 fully saturated rings. The summed E-state index contributed by atoms with van der Waals surface area (Å²) in [4.78, 5) is 16.2. The molecule has 6 heteroatoms. The van der Waals surface area contributed by atoms with Crippen molar-refractivity contribution in [2.24, 2.45) is 0 Å². The number of hydrogen-bond acceptors (Lipinski definition) is 5. The molecule has 0 aliphatic carbocycles. The summed E-state index contributed by atoms with van der Waals surface area (Å²) < 4.78 is 7.51. The van der Waals surface area contributed by atoms with E-state index in [-0.39, 0.29) is 5.78 Å². The highest BCUT2D eigenvalue weighted by Crippen LogP contribution is 2.17. The summed E-state index contributed by atoms with van der Waals surface area (Å²) in [5.74, 6) is 0.804. The van der Waals surface area contributed by atoms with Crippen molar-refractivity contribution in [2.45, 2.75) is 6.92 Å². The number of likely N-dealkylation sites (N-methyl/N-ethyl adjacent to an activating group) is 1. The highest BCUT2D eigenvalue weighted by atomic mass is 16.5. The van der Waals surface area contributed by atoms with E-state index < -0.39 is 0 Å². The van der Waals surface area contributed by atoms with Gasteiger partial charge in [0.2, 0.25) is 0 Å². The van der Waals surface area contributed by atoms with Crippen LogP contribution in [-0.4, -0.2) is 71.6 Å². The van der Waals surface area contributed by atoms with Crippen LogP contribution < -0.4 is 4.74 Å². The van der Waals surface area contributed by atoms with Crippen molar-refractivity contribution in [1.82, 2.24) is 19.4 Å². The summed E-state index contributed by atoms with van der Waals surface area (Å²) in [6.45, 7) is 7.58. The smallest absolute Gasteiger partial charge is 0.163 e. The van der Waals surface area contributed by atoms with Crippen molar-refractivity contribution >= 4 is 11.3 Å². The van der Waals surface area contributed by atoms with E-state index in [9.17, 15) is 4.79 Å². The lowest BCUT2D eigenvalue weighted by atomic mass is 10.2. The minimum atomic E-state index is 0.0266. The monoisotopic (exact) mass is 302 g/mol. The number of ether oxygens (including phenoxy) is 1.